The minimum atomic E-state index is 0.00205. The van der Waals surface area contributed by atoms with Crippen LogP contribution in [0.15, 0.2) is 41.7 Å². The highest BCUT2D eigenvalue weighted by atomic mass is 32.2. The number of aromatic nitrogens is 5. The summed E-state index contributed by atoms with van der Waals surface area (Å²) in [5.74, 6) is 1.52. The van der Waals surface area contributed by atoms with Crippen molar-refractivity contribution in [1.82, 2.24) is 24.5 Å². The number of para-hydroxylation sites is 1. The lowest BCUT2D eigenvalue weighted by molar-refractivity contribution is -0.115. The topological polar surface area (TPSA) is 78.1 Å². The minimum absolute atomic E-state index is 0.00205. The third-order valence-corrected chi connectivity index (χ3v) is 5.40. The minimum Gasteiger partial charge on any atom is -0.476 e. The van der Waals surface area contributed by atoms with Crippen molar-refractivity contribution in [2.24, 2.45) is 0 Å². The molecule has 0 unspecified atom stereocenters. The molecule has 2 aromatic heterocycles. The van der Waals surface area contributed by atoms with Gasteiger partial charge in [0.25, 0.3) is 0 Å². The molecule has 0 bridgehead atoms. The van der Waals surface area contributed by atoms with Gasteiger partial charge in [-0.15, -0.1) is 15.3 Å². The Bertz CT molecular complexity index is 953. The van der Waals surface area contributed by atoms with Gasteiger partial charge in [-0.05, 0) is 32.9 Å². The summed E-state index contributed by atoms with van der Waals surface area (Å²) in [6.07, 6.45) is 1.92. The maximum Gasteiger partial charge on any atom is 0.243 e. The largest absolute Gasteiger partial charge is 0.476 e. The van der Waals surface area contributed by atoms with E-state index < -0.39 is 0 Å². The average molecular weight is 415 g/mol. The second kappa shape index (κ2) is 9.60. The van der Waals surface area contributed by atoms with E-state index in [1.807, 2.05) is 66.5 Å². The van der Waals surface area contributed by atoms with Crippen LogP contribution in [0.1, 0.15) is 20.8 Å². The van der Waals surface area contributed by atoms with E-state index in [1.54, 1.807) is 11.9 Å². The number of rotatable bonds is 9. The van der Waals surface area contributed by atoms with Crippen LogP contribution in [0.3, 0.4) is 0 Å². The zero-order valence-corrected chi connectivity index (χ0v) is 18.0. The fourth-order valence-electron chi connectivity index (χ4n) is 2.86. The summed E-state index contributed by atoms with van der Waals surface area (Å²) in [5.41, 5.74) is 1.67. The van der Waals surface area contributed by atoms with Gasteiger partial charge in [0.15, 0.2) is 11.0 Å². The predicted molar refractivity (Wildman–Crippen MR) is 114 cm³/mol. The van der Waals surface area contributed by atoms with E-state index in [1.165, 1.54) is 11.8 Å². The number of carbonyl (C=O) groups is 1. The monoisotopic (exact) mass is 414 g/mol. The second-order valence-electron chi connectivity index (χ2n) is 6.26. The SMILES string of the molecule is CCOc1nn(CC)cc1-c1nnc(SCC(=O)N(C)c2ccccc2)n1CC. The van der Waals surface area contributed by atoms with Gasteiger partial charge >= 0.3 is 0 Å². The normalized spacial score (nSPS) is 10.9. The van der Waals surface area contributed by atoms with Crippen LogP contribution in [0.2, 0.25) is 0 Å². The number of nitrogens with zero attached hydrogens (tertiary/aromatic N) is 6. The highest BCUT2D eigenvalue weighted by molar-refractivity contribution is 7.99. The van der Waals surface area contributed by atoms with Crippen molar-refractivity contribution in [3.05, 3.63) is 36.5 Å². The van der Waals surface area contributed by atoms with E-state index in [9.17, 15) is 4.79 Å². The summed E-state index contributed by atoms with van der Waals surface area (Å²) >= 11 is 1.38. The van der Waals surface area contributed by atoms with Gasteiger partial charge in [-0.2, -0.15) is 0 Å². The van der Waals surface area contributed by atoms with Crippen LogP contribution in [-0.2, 0) is 17.9 Å². The maximum absolute atomic E-state index is 12.6. The maximum atomic E-state index is 12.6. The number of hydrogen-bond donors (Lipinski definition) is 0. The first-order valence-corrected chi connectivity index (χ1v) is 10.7. The first-order valence-electron chi connectivity index (χ1n) is 9.67. The smallest absolute Gasteiger partial charge is 0.243 e. The Morgan fingerprint density at radius 2 is 1.90 bits per heavy atom. The van der Waals surface area contributed by atoms with Crippen LogP contribution >= 0.6 is 11.8 Å². The second-order valence-corrected chi connectivity index (χ2v) is 7.21. The van der Waals surface area contributed by atoms with Gasteiger partial charge in [0.05, 0.1) is 12.4 Å². The van der Waals surface area contributed by atoms with Crippen molar-refractivity contribution in [2.75, 3.05) is 24.3 Å². The summed E-state index contributed by atoms with van der Waals surface area (Å²) in [6, 6.07) is 9.59. The molecule has 9 heteroatoms. The molecule has 3 rings (SSSR count). The lowest BCUT2D eigenvalue weighted by Gasteiger charge is -2.16. The zero-order valence-electron chi connectivity index (χ0n) is 17.2. The van der Waals surface area contributed by atoms with Crippen LogP contribution in [0.5, 0.6) is 5.88 Å². The predicted octanol–water partition coefficient (Wildman–Crippen LogP) is 3.34. The Morgan fingerprint density at radius 3 is 2.55 bits per heavy atom. The molecule has 0 aliphatic carbocycles. The number of aryl methyl sites for hydroxylation is 1. The van der Waals surface area contributed by atoms with Crippen LogP contribution in [-0.4, -0.2) is 49.9 Å². The lowest BCUT2D eigenvalue weighted by atomic mass is 10.3. The fraction of sp³-hybridized carbons (Fsp3) is 0.400. The van der Waals surface area contributed by atoms with E-state index >= 15 is 0 Å². The van der Waals surface area contributed by atoms with Gasteiger partial charge in [0.1, 0.15) is 5.56 Å². The molecule has 1 amide bonds. The number of carbonyl (C=O) groups excluding carboxylic acids is 1. The van der Waals surface area contributed by atoms with Gasteiger partial charge in [0.2, 0.25) is 11.8 Å². The van der Waals surface area contributed by atoms with Crippen molar-refractivity contribution < 1.29 is 9.53 Å². The Morgan fingerprint density at radius 1 is 1.14 bits per heavy atom. The van der Waals surface area contributed by atoms with Gasteiger partial charge in [-0.1, -0.05) is 30.0 Å². The molecule has 0 spiro atoms. The lowest BCUT2D eigenvalue weighted by Crippen LogP contribution is -2.27. The van der Waals surface area contributed by atoms with Crippen LogP contribution in [0.4, 0.5) is 5.69 Å². The third-order valence-electron chi connectivity index (χ3n) is 4.45. The van der Waals surface area contributed by atoms with Gasteiger partial charge < -0.3 is 14.2 Å². The first-order chi connectivity index (χ1) is 14.1. The molecule has 0 aliphatic heterocycles. The molecule has 0 saturated heterocycles. The summed E-state index contributed by atoms with van der Waals surface area (Å²) in [6.45, 7) is 7.91. The summed E-state index contributed by atoms with van der Waals surface area (Å²) in [5, 5.41) is 13.8. The molecule has 2 heterocycles. The Labute approximate surface area is 174 Å². The van der Waals surface area contributed by atoms with E-state index in [-0.39, 0.29) is 11.7 Å². The molecule has 154 valence electrons. The molecule has 8 nitrogen and oxygen atoms in total. The van der Waals surface area contributed by atoms with Gasteiger partial charge in [-0.25, -0.2) is 0 Å². The van der Waals surface area contributed by atoms with E-state index in [4.69, 9.17) is 4.74 Å². The van der Waals surface area contributed by atoms with Crippen molar-refractivity contribution in [2.45, 2.75) is 39.0 Å². The standard InChI is InChI=1S/C20H26N6O2S/c1-5-25-13-16(19(23-25)28-7-3)18-21-22-20(26(18)6-2)29-14-17(27)24(4)15-11-9-8-10-12-15/h8-13H,5-7,14H2,1-4H3. The molecule has 0 radical (unpaired) electrons. The molecule has 3 aromatic rings. The third kappa shape index (κ3) is 4.61. The molecule has 0 saturated carbocycles. The van der Waals surface area contributed by atoms with Crippen molar-refractivity contribution in [3.63, 3.8) is 0 Å². The zero-order chi connectivity index (χ0) is 20.8. The number of anilines is 1. The number of ether oxygens (including phenoxy) is 1. The van der Waals surface area contributed by atoms with Crippen LogP contribution in [0, 0.1) is 0 Å². The highest BCUT2D eigenvalue weighted by Gasteiger charge is 2.21. The Balaban J connectivity index is 1.78. The number of amides is 1. The molecule has 0 atom stereocenters. The molecular weight excluding hydrogens is 388 g/mol. The quantitative estimate of drug-likeness (QED) is 0.500. The molecule has 0 aliphatic rings. The molecular formula is C20H26N6O2S. The average Bonchev–Trinajstić information content (AvgIpc) is 3.35. The first kappa shape index (κ1) is 20.9. The van der Waals surface area contributed by atoms with Crippen molar-refractivity contribution in [3.8, 4) is 17.3 Å². The van der Waals surface area contributed by atoms with E-state index in [0.29, 0.717) is 30.0 Å². The van der Waals surface area contributed by atoms with Gasteiger partial charge in [0, 0.05) is 32.0 Å². The highest BCUT2D eigenvalue weighted by Crippen LogP contribution is 2.30. The molecule has 0 N–H and O–H groups in total. The van der Waals surface area contributed by atoms with Crippen LogP contribution < -0.4 is 9.64 Å². The molecule has 1 aromatic carbocycles. The Hall–Kier alpha value is -2.81. The van der Waals surface area contributed by atoms with Gasteiger partial charge in [-0.3, -0.25) is 9.48 Å². The Kier molecular flexibility index (Phi) is 6.92. The van der Waals surface area contributed by atoms with E-state index in [2.05, 4.69) is 15.3 Å². The number of benzene rings is 1. The van der Waals surface area contributed by atoms with Crippen LogP contribution in [0.25, 0.3) is 11.4 Å². The fourth-order valence-corrected chi connectivity index (χ4v) is 3.78. The molecule has 29 heavy (non-hydrogen) atoms. The molecule has 0 fully saturated rings. The number of thioether (sulfide) groups is 1. The van der Waals surface area contributed by atoms with Crippen molar-refractivity contribution in [1.29, 1.82) is 0 Å². The van der Waals surface area contributed by atoms with Crippen molar-refractivity contribution >= 4 is 23.4 Å². The van der Waals surface area contributed by atoms with E-state index in [0.717, 1.165) is 17.8 Å². The summed E-state index contributed by atoms with van der Waals surface area (Å²) < 4.78 is 9.49. The summed E-state index contributed by atoms with van der Waals surface area (Å²) in [4.78, 5) is 14.2. The summed E-state index contributed by atoms with van der Waals surface area (Å²) in [7, 11) is 1.78. The number of hydrogen-bond acceptors (Lipinski definition) is 6.